The first kappa shape index (κ1) is 25.2. The second kappa shape index (κ2) is 10.4. The minimum atomic E-state index is -3.86. The average Bonchev–Trinajstić information content (AvgIpc) is 3.33. The molecule has 0 N–H and O–H groups in total. The molecule has 188 valence electrons. The van der Waals surface area contributed by atoms with Crippen LogP contribution in [0.2, 0.25) is 0 Å². The fraction of sp³-hybridized carbons (Fsp3) is 0.423. The summed E-state index contributed by atoms with van der Waals surface area (Å²) in [6, 6.07) is 16.5. The van der Waals surface area contributed by atoms with Gasteiger partial charge in [-0.3, -0.25) is 4.68 Å². The summed E-state index contributed by atoms with van der Waals surface area (Å²) in [5.74, 6) is 1.45. The van der Waals surface area contributed by atoms with E-state index in [0.29, 0.717) is 0 Å². The number of benzene rings is 2. The first-order valence-corrected chi connectivity index (χ1v) is 13.2. The van der Waals surface area contributed by atoms with Crippen LogP contribution in [0.4, 0.5) is 0 Å². The van der Waals surface area contributed by atoms with Gasteiger partial charge in [-0.15, -0.1) is 0 Å². The Hall–Kier alpha value is -2.88. The standard InChI is InChI=1S/C26H34N4O4S/c1-28(2)20-26(15-5-16-26)30-17-14-25(27-30)35(31,32)29(18-21-6-10-23(33-3)11-7-21)19-22-8-12-24(34-4)13-9-22/h6-14,17H,5,15-16,18-20H2,1-4H3. The Kier molecular flexibility index (Phi) is 7.49. The molecule has 1 fully saturated rings. The fourth-order valence-corrected chi connectivity index (χ4v) is 5.90. The molecule has 4 rings (SSSR count). The highest BCUT2D eigenvalue weighted by Gasteiger charge is 2.41. The summed E-state index contributed by atoms with van der Waals surface area (Å²) in [6.07, 6.45) is 4.92. The molecule has 0 radical (unpaired) electrons. The van der Waals surface area contributed by atoms with E-state index in [4.69, 9.17) is 9.47 Å². The van der Waals surface area contributed by atoms with E-state index in [-0.39, 0.29) is 23.7 Å². The normalized spacial score (nSPS) is 15.3. The minimum absolute atomic E-state index is 0.0737. The molecule has 1 saturated carbocycles. The molecule has 9 heteroatoms. The van der Waals surface area contributed by atoms with Crippen molar-refractivity contribution in [3.8, 4) is 11.5 Å². The molecule has 1 aliphatic carbocycles. The molecule has 8 nitrogen and oxygen atoms in total. The topological polar surface area (TPSA) is 76.9 Å². The Morgan fingerprint density at radius 2 is 1.40 bits per heavy atom. The number of hydrogen-bond donors (Lipinski definition) is 0. The minimum Gasteiger partial charge on any atom is -0.497 e. The summed E-state index contributed by atoms with van der Waals surface area (Å²) < 4.78 is 41.5. The molecular weight excluding hydrogens is 464 g/mol. The van der Waals surface area contributed by atoms with Crippen molar-refractivity contribution in [3.05, 3.63) is 71.9 Å². The number of likely N-dealkylation sites (N-methyl/N-ethyl adjacent to an activating group) is 1. The molecule has 0 spiro atoms. The zero-order chi connectivity index (χ0) is 25.1. The van der Waals surface area contributed by atoms with Gasteiger partial charge in [-0.2, -0.15) is 9.40 Å². The van der Waals surface area contributed by atoms with Crippen LogP contribution in [0, 0.1) is 0 Å². The lowest BCUT2D eigenvalue weighted by atomic mass is 9.76. The maximum Gasteiger partial charge on any atom is 0.262 e. The SMILES string of the molecule is COc1ccc(CN(Cc2ccc(OC)cc2)S(=O)(=O)c2ccn(C3(CN(C)C)CCC3)n2)cc1. The van der Waals surface area contributed by atoms with Gasteiger partial charge in [0.15, 0.2) is 5.03 Å². The predicted octanol–water partition coefficient (Wildman–Crippen LogP) is 3.73. The van der Waals surface area contributed by atoms with Gasteiger partial charge in [0.25, 0.3) is 10.0 Å². The molecule has 2 aromatic carbocycles. The highest BCUT2D eigenvalue weighted by Crippen LogP contribution is 2.39. The summed E-state index contributed by atoms with van der Waals surface area (Å²) >= 11 is 0. The van der Waals surface area contributed by atoms with Gasteiger partial charge in [0.05, 0.1) is 19.8 Å². The molecular formula is C26H34N4O4S. The lowest BCUT2D eigenvalue weighted by Gasteiger charge is -2.43. The highest BCUT2D eigenvalue weighted by atomic mass is 32.2. The van der Waals surface area contributed by atoms with Crippen molar-refractivity contribution in [2.75, 3.05) is 34.9 Å². The Morgan fingerprint density at radius 3 is 1.80 bits per heavy atom. The van der Waals surface area contributed by atoms with Gasteiger partial charge in [-0.05, 0) is 74.8 Å². The maximum atomic E-state index is 13.8. The molecule has 0 saturated heterocycles. The van der Waals surface area contributed by atoms with Gasteiger partial charge < -0.3 is 14.4 Å². The number of rotatable bonds is 11. The van der Waals surface area contributed by atoms with Gasteiger partial charge in [0.2, 0.25) is 0 Å². The van der Waals surface area contributed by atoms with Crippen LogP contribution < -0.4 is 9.47 Å². The number of methoxy groups -OCH3 is 2. The Labute approximate surface area is 208 Å². The van der Waals surface area contributed by atoms with Gasteiger partial charge in [-0.1, -0.05) is 24.3 Å². The van der Waals surface area contributed by atoms with Crippen LogP contribution in [0.15, 0.2) is 65.8 Å². The molecule has 0 bridgehead atoms. The maximum absolute atomic E-state index is 13.8. The predicted molar refractivity (Wildman–Crippen MR) is 135 cm³/mol. The second-order valence-electron chi connectivity index (χ2n) is 9.38. The van der Waals surface area contributed by atoms with E-state index in [1.54, 1.807) is 20.3 Å². The number of hydrogen-bond acceptors (Lipinski definition) is 6. The molecule has 1 heterocycles. The quantitative estimate of drug-likeness (QED) is 0.401. The zero-order valence-electron chi connectivity index (χ0n) is 20.8. The lowest BCUT2D eigenvalue weighted by molar-refractivity contribution is 0.0834. The van der Waals surface area contributed by atoms with Gasteiger partial charge in [0.1, 0.15) is 11.5 Å². The first-order valence-electron chi connectivity index (χ1n) is 11.7. The molecule has 1 aromatic heterocycles. The molecule has 1 aliphatic rings. The smallest absolute Gasteiger partial charge is 0.262 e. The molecule has 35 heavy (non-hydrogen) atoms. The summed E-state index contributed by atoms with van der Waals surface area (Å²) in [6.45, 7) is 1.26. The zero-order valence-corrected chi connectivity index (χ0v) is 21.7. The number of aromatic nitrogens is 2. The third kappa shape index (κ3) is 5.52. The van der Waals surface area contributed by atoms with E-state index in [1.807, 2.05) is 73.5 Å². The molecule has 3 aromatic rings. The number of sulfonamides is 1. The van der Waals surface area contributed by atoms with Crippen molar-refractivity contribution in [1.29, 1.82) is 0 Å². The van der Waals surface area contributed by atoms with Crippen LogP contribution in [0.3, 0.4) is 0 Å². The van der Waals surface area contributed by atoms with Crippen molar-refractivity contribution in [2.24, 2.45) is 0 Å². The van der Waals surface area contributed by atoms with Crippen LogP contribution >= 0.6 is 0 Å². The van der Waals surface area contributed by atoms with Gasteiger partial charge >= 0.3 is 0 Å². The summed E-state index contributed by atoms with van der Waals surface area (Å²) in [5.41, 5.74) is 1.59. The van der Waals surface area contributed by atoms with E-state index in [0.717, 1.165) is 48.4 Å². The van der Waals surface area contributed by atoms with E-state index in [2.05, 4.69) is 10.00 Å². The van der Waals surface area contributed by atoms with Crippen LogP contribution in [0.25, 0.3) is 0 Å². The lowest BCUT2D eigenvalue weighted by Crippen LogP contribution is -2.48. The molecule has 0 aliphatic heterocycles. The largest absolute Gasteiger partial charge is 0.497 e. The Balaban J connectivity index is 1.64. The highest BCUT2D eigenvalue weighted by molar-refractivity contribution is 7.89. The van der Waals surface area contributed by atoms with Crippen LogP contribution in [0.1, 0.15) is 30.4 Å². The van der Waals surface area contributed by atoms with Crippen LogP contribution in [-0.2, 0) is 28.7 Å². The molecule has 0 atom stereocenters. The van der Waals surface area contributed by atoms with Crippen molar-refractivity contribution in [1.82, 2.24) is 19.0 Å². The Morgan fingerprint density at radius 1 is 0.886 bits per heavy atom. The van der Waals surface area contributed by atoms with Crippen molar-refractivity contribution < 1.29 is 17.9 Å². The van der Waals surface area contributed by atoms with Crippen molar-refractivity contribution in [2.45, 2.75) is 42.9 Å². The monoisotopic (exact) mass is 498 g/mol. The fourth-order valence-electron chi connectivity index (χ4n) is 4.57. The summed E-state index contributed by atoms with van der Waals surface area (Å²) in [5, 5.41) is 4.68. The van der Waals surface area contributed by atoms with Crippen molar-refractivity contribution >= 4 is 10.0 Å². The first-order chi connectivity index (χ1) is 16.8. The van der Waals surface area contributed by atoms with Gasteiger partial charge in [-0.25, -0.2) is 8.42 Å². The van der Waals surface area contributed by atoms with E-state index in [9.17, 15) is 8.42 Å². The average molecular weight is 499 g/mol. The van der Waals surface area contributed by atoms with E-state index in [1.165, 1.54) is 4.31 Å². The molecule has 0 unspecified atom stereocenters. The van der Waals surface area contributed by atoms with Crippen LogP contribution in [-0.4, -0.2) is 62.3 Å². The second-order valence-corrected chi connectivity index (χ2v) is 11.3. The van der Waals surface area contributed by atoms with Crippen LogP contribution in [0.5, 0.6) is 11.5 Å². The van der Waals surface area contributed by atoms with Gasteiger partial charge in [0, 0.05) is 25.8 Å². The third-order valence-electron chi connectivity index (χ3n) is 6.59. The van der Waals surface area contributed by atoms with Crippen molar-refractivity contribution in [3.63, 3.8) is 0 Å². The van der Waals surface area contributed by atoms with E-state index >= 15 is 0 Å². The third-order valence-corrected chi connectivity index (χ3v) is 8.27. The number of nitrogens with zero attached hydrogens (tertiary/aromatic N) is 4. The summed E-state index contributed by atoms with van der Waals surface area (Å²) in [7, 11) is 3.43. The molecule has 0 amide bonds. The van der Waals surface area contributed by atoms with E-state index < -0.39 is 10.0 Å². The Bertz CT molecular complexity index is 1170. The number of ether oxygens (including phenoxy) is 2. The summed E-state index contributed by atoms with van der Waals surface area (Å²) in [4.78, 5) is 2.13.